The van der Waals surface area contributed by atoms with Gasteiger partial charge in [-0.15, -0.1) is 0 Å². The zero-order chi connectivity index (χ0) is 18.5. The predicted octanol–water partition coefficient (Wildman–Crippen LogP) is 4.83. The molecule has 1 atom stereocenters. The molecule has 2 fully saturated rings. The summed E-state index contributed by atoms with van der Waals surface area (Å²) in [5.74, 6) is 1.22. The van der Waals surface area contributed by atoms with Crippen LogP contribution in [0.4, 0.5) is 5.82 Å². The Bertz CT molecular complexity index is 736. The molecule has 0 radical (unpaired) electrons. The Balaban J connectivity index is 1.52. The Morgan fingerprint density at radius 2 is 1.59 bits per heavy atom. The Hall–Kier alpha value is -2.36. The second kappa shape index (κ2) is 8.55. The molecule has 2 aliphatic rings. The molecule has 0 saturated carbocycles. The van der Waals surface area contributed by atoms with E-state index in [1.807, 2.05) is 41.4 Å². The van der Waals surface area contributed by atoms with E-state index < -0.39 is 0 Å². The van der Waals surface area contributed by atoms with E-state index in [0.717, 1.165) is 55.8 Å². The highest BCUT2D eigenvalue weighted by molar-refractivity contribution is 5.94. The topological polar surface area (TPSA) is 36.4 Å². The van der Waals surface area contributed by atoms with Crippen LogP contribution in [-0.4, -0.2) is 35.4 Å². The minimum absolute atomic E-state index is 0.136. The van der Waals surface area contributed by atoms with Crippen LogP contribution >= 0.6 is 0 Å². The number of carbonyl (C=O) groups excluding carboxylic acids is 1. The molecular formula is C23H29N3O. The van der Waals surface area contributed by atoms with E-state index in [9.17, 15) is 4.79 Å². The molecule has 0 N–H and O–H groups in total. The lowest BCUT2D eigenvalue weighted by Crippen LogP contribution is -2.38. The molecule has 1 aromatic heterocycles. The third-order valence-electron chi connectivity index (χ3n) is 5.87. The zero-order valence-electron chi connectivity index (χ0n) is 16.0. The van der Waals surface area contributed by atoms with Gasteiger partial charge in [0, 0.05) is 31.4 Å². The van der Waals surface area contributed by atoms with Crippen LogP contribution in [0.2, 0.25) is 0 Å². The van der Waals surface area contributed by atoms with Gasteiger partial charge >= 0.3 is 0 Å². The molecule has 0 aliphatic carbocycles. The lowest BCUT2D eigenvalue weighted by Gasteiger charge is -2.36. The number of hydrogen-bond donors (Lipinski definition) is 0. The highest BCUT2D eigenvalue weighted by Crippen LogP contribution is 2.32. The molecule has 4 heteroatoms. The lowest BCUT2D eigenvalue weighted by molar-refractivity contribution is 0.0611. The SMILES string of the molecule is O=C(c1ccccc1)N1CCCC[C@H]1c1ccc(N2CCCCCC2)nc1. The van der Waals surface area contributed by atoms with Crippen molar-refractivity contribution in [2.45, 2.75) is 51.0 Å². The van der Waals surface area contributed by atoms with Crippen LogP contribution in [0.3, 0.4) is 0 Å². The summed E-state index contributed by atoms with van der Waals surface area (Å²) >= 11 is 0. The van der Waals surface area contributed by atoms with Gasteiger partial charge in [0.1, 0.15) is 5.82 Å². The second-order valence-electron chi connectivity index (χ2n) is 7.73. The first-order chi connectivity index (χ1) is 13.3. The number of pyridine rings is 1. The number of amides is 1. The molecule has 0 bridgehead atoms. The Kier molecular flexibility index (Phi) is 5.71. The van der Waals surface area contributed by atoms with Crippen LogP contribution in [0.5, 0.6) is 0 Å². The van der Waals surface area contributed by atoms with Crippen LogP contribution in [0.1, 0.15) is 66.9 Å². The first-order valence-electron chi connectivity index (χ1n) is 10.4. The number of hydrogen-bond acceptors (Lipinski definition) is 3. The molecule has 3 heterocycles. The van der Waals surface area contributed by atoms with E-state index in [0.29, 0.717) is 0 Å². The normalized spacial score (nSPS) is 21.0. The van der Waals surface area contributed by atoms with Gasteiger partial charge in [-0.2, -0.15) is 0 Å². The second-order valence-corrected chi connectivity index (χ2v) is 7.73. The van der Waals surface area contributed by atoms with Crippen molar-refractivity contribution in [1.82, 2.24) is 9.88 Å². The quantitative estimate of drug-likeness (QED) is 0.784. The van der Waals surface area contributed by atoms with Crippen molar-refractivity contribution in [3.63, 3.8) is 0 Å². The number of piperidine rings is 1. The predicted molar refractivity (Wildman–Crippen MR) is 109 cm³/mol. The fourth-order valence-electron chi connectivity index (χ4n) is 4.35. The minimum atomic E-state index is 0.136. The number of anilines is 1. The van der Waals surface area contributed by atoms with Gasteiger partial charge in [-0.25, -0.2) is 4.98 Å². The number of aromatic nitrogens is 1. The Morgan fingerprint density at radius 3 is 2.30 bits per heavy atom. The summed E-state index contributed by atoms with van der Waals surface area (Å²) in [5.41, 5.74) is 1.94. The number of carbonyl (C=O) groups is 1. The fraction of sp³-hybridized carbons (Fsp3) is 0.478. The highest BCUT2D eigenvalue weighted by Gasteiger charge is 2.29. The van der Waals surface area contributed by atoms with E-state index in [2.05, 4.69) is 17.0 Å². The third-order valence-corrected chi connectivity index (χ3v) is 5.87. The van der Waals surface area contributed by atoms with Gasteiger partial charge < -0.3 is 9.80 Å². The minimum Gasteiger partial charge on any atom is -0.357 e. The number of rotatable bonds is 3. The summed E-state index contributed by atoms with van der Waals surface area (Å²) in [7, 11) is 0. The maximum absolute atomic E-state index is 13.0. The smallest absolute Gasteiger partial charge is 0.254 e. The summed E-state index contributed by atoms with van der Waals surface area (Å²) in [4.78, 5) is 22.3. The maximum atomic E-state index is 13.0. The van der Waals surface area contributed by atoms with E-state index in [1.165, 1.54) is 25.7 Å². The Labute approximate surface area is 162 Å². The van der Waals surface area contributed by atoms with Crippen molar-refractivity contribution >= 4 is 11.7 Å². The van der Waals surface area contributed by atoms with E-state index in [-0.39, 0.29) is 11.9 Å². The standard InChI is InChI=1S/C23H29N3O/c27-23(19-10-4-3-5-11-19)26-17-9-6-12-21(26)20-13-14-22(24-18-20)25-15-7-1-2-8-16-25/h3-5,10-11,13-14,18,21H,1-2,6-9,12,15-17H2/t21-/m0/s1. The van der Waals surface area contributed by atoms with Crippen LogP contribution in [0.25, 0.3) is 0 Å². The van der Waals surface area contributed by atoms with Crippen LogP contribution < -0.4 is 4.90 Å². The number of benzene rings is 1. The van der Waals surface area contributed by atoms with Gasteiger partial charge in [-0.1, -0.05) is 37.1 Å². The average Bonchev–Trinajstić information content (AvgIpc) is 3.04. The zero-order valence-corrected chi connectivity index (χ0v) is 16.0. The largest absolute Gasteiger partial charge is 0.357 e. The lowest BCUT2D eigenvalue weighted by atomic mass is 9.95. The van der Waals surface area contributed by atoms with Crippen LogP contribution in [-0.2, 0) is 0 Å². The summed E-state index contributed by atoms with van der Waals surface area (Å²) in [5, 5.41) is 0. The molecule has 4 nitrogen and oxygen atoms in total. The Morgan fingerprint density at radius 1 is 0.852 bits per heavy atom. The molecule has 4 rings (SSSR count). The van der Waals surface area contributed by atoms with Crippen LogP contribution in [0.15, 0.2) is 48.7 Å². The fourth-order valence-corrected chi connectivity index (χ4v) is 4.35. The van der Waals surface area contributed by atoms with Gasteiger partial charge in [0.15, 0.2) is 0 Å². The molecule has 0 spiro atoms. The average molecular weight is 364 g/mol. The molecular weight excluding hydrogens is 334 g/mol. The first-order valence-corrected chi connectivity index (χ1v) is 10.4. The maximum Gasteiger partial charge on any atom is 0.254 e. The van der Waals surface area contributed by atoms with Crippen molar-refractivity contribution in [3.05, 3.63) is 59.8 Å². The van der Waals surface area contributed by atoms with Gasteiger partial charge in [-0.05, 0) is 55.9 Å². The molecule has 1 aromatic carbocycles. The molecule has 2 aliphatic heterocycles. The molecule has 0 unspecified atom stereocenters. The molecule has 1 amide bonds. The van der Waals surface area contributed by atoms with Crippen molar-refractivity contribution in [2.75, 3.05) is 24.5 Å². The van der Waals surface area contributed by atoms with Gasteiger partial charge in [0.05, 0.1) is 6.04 Å². The molecule has 2 aromatic rings. The summed E-state index contributed by atoms with van der Waals surface area (Å²) in [6.45, 7) is 3.04. The third kappa shape index (κ3) is 4.15. The highest BCUT2D eigenvalue weighted by atomic mass is 16.2. The molecule has 142 valence electrons. The van der Waals surface area contributed by atoms with Crippen molar-refractivity contribution in [2.24, 2.45) is 0 Å². The van der Waals surface area contributed by atoms with E-state index >= 15 is 0 Å². The van der Waals surface area contributed by atoms with Crippen molar-refractivity contribution in [1.29, 1.82) is 0 Å². The van der Waals surface area contributed by atoms with E-state index in [1.54, 1.807) is 0 Å². The number of nitrogens with zero attached hydrogens (tertiary/aromatic N) is 3. The monoisotopic (exact) mass is 363 g/mol. The van der Waals surface area contributed by atoms with E-state index in [4.69, 9.17) is 4.98 Å². The van der Waals surface area contributed by atoms with Crippen molar-refractivity contribution < 1.29 is 4.79 Å². The van der Waals surface area contributed by atoms with Crippen LogP contribution in [0, 0.1) is 0 Å². The first kappa shape index (κ1) is 18.0. The molecule has 27 heavy (non-hydrogen) atoms. The number of likely N-dealkylation sites (tertiary alicyclic amines) is 1. The van der Waals surface area contributed by atoms with Gasteiger partial charge in [0.25, 0.3) is 5.91 Å². The van der Waals surface area contributed by atoms with Gasteiger partial charge in [0.2, 0.25) is 0 Å². The summed E-state index contributed by atoms with van der Waals surface area (Å²) < 4.78 is 0. The molecule has 2 saturated heterocycles. The summed E-state index contributed by atoms with van der Waals surface area (Å²) in [6.07, 6.45) is 10.4. The summed E-state index contributed by atoms with van der Waals surface area (Å²) in [6, 6.07) is 14.1. The van der Waals surface area contributed by atoms with Gasteiger partial charge in [-0.3, -0.25) is 4.79 Å². The van der Waals surface area contributed by atoms with Crippen molar-refractivity contribution in [3.8, 4) is 0 Å².